The number of hydrogen-bond donors (Lipinski definition) is 1. The number of methoxy groups -OCH3 is 1. The standard InChI is InChI=1S/C20H21N.C14H12O3.ClH/c1-21(2)15-7-12-20-18-10-5-3-8-16(18)13-14-17-9-4-6-11-19(17)20;1-17-11-7-8-12(13(15)9-11)14(16)10-5-3-2-4-6-10;/h3-6,8-14H,7,15H2,1-2H3;2-9,15H,1H3;1H. The van der Waals surface area contributed by atoms with Crippen molar-refractivity contribution in [1.82, 2.24) is 4.90 Å². The summed E-state index contributed by atoms with van der Waals surface area (Å²) in [4.78, 5) is 14.3. The molecule has 0 amide bonds. The summed E-state index contributed by atoms with van der Waals surface area (Å²) in [6, 6.07) is 30.8. The maximum absolute atomic E-state index is 12.1. The number of ketones is 1. The highest BCUT2D eigenvalue weighted by Gasteiger charge is 2.15. The first-order valence-electron chi connectivity index (χ1n) is 12.7. The number of benzene rings is 4. The number of halogens is 1. The molecule has 1 N–H and O–H groups in total. The lowest BCUT2D eigenvalue weighted by atomic mass is 9.93. The molecule has 0 atom stereocenters. The Morgan fingerprint density at radius 3 is 1.92 bits per heavy atom. The van der Waals surface area contributed by atoms with Crippen molar-refractivity contribution < 1.29 is 14.6 Å². The van der Waals surface area contributed by atoms with Gasteiger partial charge in [-0.25, -0.2) is 0 Å². The smallest absolute Gasteiger partial charge is 0.196 e. The average Bonchev–Trinajstić information content (AvgIpc) is 3.10. The lowest BCUT2D eigenvalue weighted by Gasteiger charge is -2.13. The van der Waals surface area contributed by atoms with Crippen LogP contribution in [0.4, 0.5) is 0 Å². The van der Waals surface area contributed by atoms with Crippen LogP contribution in [-0.4, -0.2) is 43.5 Å². The summed E-state index contributed by atoms with van der Waals surface area (Å²) in [5.41, 5.74) is 7.43. The normalized spacial score (nSPS) is 11.2. The third-order valence-corrected chi connectivity index (χ3v) is 6.35. The molecule has 5 heteroatoms. The molecule has 0 aliphatic heterocycles. The van der Waals surface area contributed by atoms with Crippen molar-refractivity contribution in [2.75, 3.05) is 27.7 Å². The topological polar surface area (TPSA) is 49.8 Å². The summed E-state index contributed by atoms with van der Waals surface area (Å²) in [6.45, 7) is 1.07. The van der Waals surface area contributed by atoms with Crippen LogP contribution < -0.4 is 4.74 Å². The number of aromatic hydroxyl groups is 1. The fourth-order valence-corrected chi connectivity index (χ4v) is 4.36. The minimum absolute atomic E-state index is 0. The van der Waals surface area contributed by atoms with E-state index in [2.05, 4.69) is 85.8 Å². The number of fused-ring (bicyclic) bond motifs is 2. The van der Waals surface area contributed by atoms with Crippen LogP contribution in [-0.2, 0) is 0 Å². The van der Waals surface area contributed by atoms with Crippen LogP contribution in [0.3, 0.4) is 0 Å². The molecule has 39 heavy (non-hydrogen) atoms. The molecule has 0 saturated heterocycles. The molecule has 5 rings (SSSR count). The van der Waals surface area contributed by atoms with Gasteiger partial charge in [0.1, 0.15) is 11.5 Å². The maximum Gasteiger partial charge on any atom is 0.196 e. The molecule has 200 valence electrons. The van der Waals surface area contributed by atoms with Gasteiger partial charge in [0.2, 0.25) is 0 Å². The summed E-state index contributed by atoms with van der Waals surface area (Å²) >= 11 is 0. The molecule has 0 heterocycles. The third-order valence-electron chi connectivity index (χ3n) is 6.35. The third kappa shape index (κ3) is 7.47. The van der Waals surface area contributed by atoms with E-state index >= 15 is 0 Å². The van der Waals surface area contributed by atoms with Gasteiger partial charge in [-0.3, -0.25) is 4.79 Å². The highest BCUT2D eigenvalue weighted by atomic mass is 35.5. The maximum atomic E-state index is 12.1. The van der Waals surface area contributed by atoms with Crippen molar-refractivity contribution in [1.29, 1.82) is 0 Å². The first-order valence-corrected chi connectivity index (χ1v) is 12.7. The second kappa shape index (κ2) is 14.1. The summed E-state index contributed by atoms with van der Waals surface area (Å²) in [6.07, 6.45) is 7.89. The zero-order valence-electron chi connectivity index (χ0n) is 22.5. The minimum Gasteiger partial charge on any atom is -0.507 e. The zero-order chi connectivity index (χ0) is 26.9. The first-order chi connectivity index (χ1) is 18.5. The second-order valence-corrected chi connectivity index (χ2v) is 9.30. The van der Waals surface area contributed by atoms with Gasteiger partial charge in [0.25, 0.3) is 0 Å². The molecule has 0 bridgehead atoms. The number of ether oxygens (including phenoxy) is 1. The van der Waals surface area contributed by atoms with Crippen molar-refractivity contribution in [2.45, 2.75) is 6.42 Å². The number of carbonyl (C=O) groups is 1. The monoisotopic (exact) mass is 539 g/mol. The van der Waals surface area contributed by atoms with E-state index in [9.17, 15) is 9.90 Å². The molecule has 0 aromatic heterocycles. The van der Waals surface area contributed by atoms with Crippen LogP contribution in [0.15, 0.2) is 103 Å². The Balaban J connectivity index is 0.000000215. The lowest BCUT2D eigenvalue weighted by molar-refractivity contribution is 0.103. The minimum atomic E-state index is -0.203. The van der Waals surface area contributed by atoms with Gasteiger partial charge >= 0.3 is 0 Å². The van der Waals surface area contributed by atoms with Crippen molar-refractivity contribution in [3.05, 3.63) is 137 Å². The zero-order valence-corrected chi connectivity index (χ0v) is 23.3. The summed E-state index contributed by atoms with van der Waals surface area (Å²) in [7, 11) is 5.75. The van der Waals surface area contributed by atoms with E-state index in [0.29, 0.717) is 11.3 Å². The van der Waals surface area contributed by atoms with Crippen molar-refractivity contribution in [3.63, 3.8) is 0 Å². The number of phenolic OH excluding ortho intramolecular Hbond substituents is 1. The predicted octanol–water partition coefficient (Wildman–Crippen LogP) is 7.61. The number of hydrogen-bond acceptors (Lipinski definition) is 4. The first kappa shape index (κ1) is 29.4. The number of phenols is 1. The van der Waals surface area contributed by atoms with Crippen molar-refractivity contribution in [3.8, 4) is 11.5 Å². The van der Waals surface area contributed by atoms with E-state index in [1.54, 1.807) is 36.4 Å². The number of nitrogens with zero attached hydrogens (tertiary/aromatic N) is 1. The number of rotatable bonds is 6. The van der Waals surface area contributed by atoms with Crippen LogP contribution in [0.2, 0.25) is 0 Å². The molecular formula is C34H34ClNO3. The van der Waals surface area contributed by atoms with Gasteiger partial charge in [-0.1, -0.05) is 97.1 Å². The van der Waals surface area contributed by atoms with E-state index in [-0.39, 0.29) is 29.5 Å². The molecule has 0 fully saturated rings. The van der Waals surface area contributed by atoms with E-state index in [1.165, 1.54) is 41.0 Å². The SMILES string of the molecule is CN(C)CCC=C1c2ccccc2C=Cc2ccccc21.COc1ccc(C(=O)c2ccccc2)c(O)c1.Cl. The summed E-state index contributed by atoms with van der Waals surface area (Å²) in [5, 5.41) is 9.75. The quantitative estimate of drug-likeness (QED) is 0.226. The van der Waals surface area contributed by atoms with Gasteiger partial charge < -0.3 is 14.7 Å². The second-order valence-electron chi connectivity index (χ2n) is 9.30. The van der Waals surface area contributed by atoms with Gasteiger partial charge in [-0.05, 0) is 60.5 Å². The largest absolute Gasteiger partial charge is 0.507 e. The fourth-order valence-electron chi connectivity index (χ4n) is 4.36. The fraction of sp³-hybridized carbons (Fsp3) is 0.147. The van der Waals surface area contributed by atoms with Gasteiger partial charge in [0, 0.05) is 18.2 Å². The van der Waals surface area contributed by atoms with Crippen LogP contribution in [0, 0.1) is 0 Å². The molecule has 0 saturated carbocycles. The molecule has 0 radical (unpaired) electrons. The number of carbonyl (C=O) groups excluding carboxylic acids is 1. The van der Waals surface area contributed by atoms with Crippen molar-refractivity contribution >= 4 is 35.9 Å². The molecule has 0 unspecified atom stereocenters. The summed E-state index contributed by atoms with van der Waals surface area (Å²) < 4.78 is 4.96. The van der Waals surface area contributed by atoms with E-state index in [0.717, 1.165) is 13.0 Å². The van der Waals surface area contributed by atoms with Gasteiger partial charge in [-0.15, -0.1) is 12.4 Å². The lowest BCUT2D eigenvalue weighted by Crippen LogP contribution is -2.12. The Bertz CT molecular complexity index is 1410. The molecular weight excluding hydrogens is 506 g/mol. The Morgan fingerprint density at radius 2 is 1.38 bits per heavy atom. The average molecular weight is 540 g/mol. The van der Waals surface area contributed by atoms with E-state index in [1.807, 2.05) is 6.07 Å². The summed E-state index contributed by atoms with van der Waals surface area (Å²) in [5.74, 6) is 0.246. The highest BCUT2D eigenvalue weighted by molar-refractivity contribution is 6.10. The van der Waals surface area contributed by atoms with E-state index in [4.69, 9.17) is 4.74 Å². The van der Waals surface area contributed by atoms with Gasteiger partial charge in [0.15, 0.2) is 5.78 Å². The molecule has 1 aliphatic rings. The van der Waals surface area contributed by atoms with Crippen LogP contribution in [0.5, 0.6) is 11.5 Å². The predicted molar refractivity (Wildman–Crippen MR) is 164 cm³/mol. The van der Waals surface area contributed by atoms with Crippen LogP contribution in [0.1, 0.15) is 44.6 Å². The van der Waals surface area contributed by atoms with Crippen molar-refractivity contribution in [2.24, 2.45) is 0 Å². The Kier molecular flexibility index (Phi) is 10.7. The van der Waals surface area contributed by atoms with Gasteiger partial charge in [-0.2, -0.15) is 0 Å². The molecule has 0 spiro atoms. The van der Waals surface area contributed by atoms with E-state index < -0.39 is 0 Å². The Hall–Kier alpha value is -4.12. The Labute approximate surface area is 237 Å². The Morgan fingerprint density at radius 1 is 0.821 bits per heavy atom. The highest BCUT2D eigenvalue weighted by Crippen LogP contribution is 2.34. The molecule has 4 nitrogen and oxygen atoms in total. The molecule has 1 aliphatic carbocycles. The van der Waals surface area contributed by atoms with Crippen LogP contribution in [0.25, 0.3) is 17.7 Å². The molecule has 4 aromatic rings. The van der Waals surface area contributed by atoms with Gasteiger partial charge in [0.05, 0.1) is 12.7 Å². The van der Waals surface area contributed by atoms with Crippen LogP contribution >= 0.6 is 12.4 Å². The molecule has 4 aromatic carbocycles.